The molecule has 77 heavy (non-hydrogen) atoms. The predicted molar refractivity (Wildman–Crippen MR) is 335 cm³/mol. The first-order valence-electron chi connectivity index (χ1n) is 31.3. The summed E-state index contributed by atoms with van der Waals surface area (Å²) in [6.45, 7) is 16.3. The maximum atomic E-state index is 6.37. The number of hydrogen-bond donors (Lipinski definition) is 1. The molecular weight excluding hydrogens is 997 g/mol. The molecule has 0 aromatic heterocycles. The number of aryl methyl sites for hydroxylation is 1. The summed E-state index contributed by atoms with van der Waals surface area (Å²) >= 11 is 11.1. The van der Waals surface area contributed by atoms with Gasteiger partial charge >= 0.3 is 0 Å². The highest BCUT2D eigenvalue weighted by molar-refractivity contribution is 7.80. The van der Waals surface area contributed by atoms with Gasteiger partial charge < -0.3 is 43.4 Å². The van der Waals surface area contributed by atoms with Crippen molar-refractivity contribution in [3.05, 3.63) is 60.2 Å². The molecule has 4 aromatic rings. The van der Waals surface area contributed by atoms with Crippen LogP contribution in [0.15, 0.2) is 54.6 Å². The van der Waals surface area contributed by atoms with Crippen LogP contribution in [0.3, 0.4) is 0 Å². The molecule has 0 aliphatic rings. The first-order chi connectivity index (χ1) is 38.0. The van der Waals surface area contributed by atoms with Crippen molar-refractivity contribution in [2.45, 2.75) is 207 Å². The van der Waals surface area contributed by atoms with E-state index in [0.717, 1.165) is 76.2 Å². The average molecular weight is 1110 g/mol. The van der Waals surface area contributed by atoms with Crippen molar-refractivity contribution < 1.29 is 33.2 Å². The minimum Gasteiger partial charge on any atom is -0.379 e. The van der Waals surface area contributed by atoms with E-state index in [0.29, 0.717) is 84.2 Å². The van der Waals surface area contributed by atoms with Gasteiger partial charge in [0, 0.05) is 32.8 Å². The van der Waals surface area contributed by atoms with Gasteiger partial charge in [0.25, 0.3) is 0 Å². The molecule has 0 spiro atoms. The van der Waals surface area contributed by atoms with E-state index in [1.54, 1.807) is 0 Å². The van der Waals surface area contributed by atoms with Crippen LogP contribution in [0.25, 0.3) is 32.3 Å². The SMILES string of the molecule is CCCCCCCCCCCCCCCCCCOCC(COCCOCCOCCNC(=S)COCCOCC(=S)N(CCCC)CCCC)OCCCCCCCCCc1ccc2ccc3cccc4ccc1c2c34. The lowest BCUT2D eigenvalue weighted by molar-refractivity contribution is -0.0696. The fourth-order valence-corrected chi connectivity index (χ4v) is 10.7. The van der Waals surface area contributed by atoms with E-state index in [2.05, 4.69) is 85.6 Å². The Balaban J connectivity index is 0.999. The molecule has 0 heterocycles. The standard InChI is InChI=1S/C66H108N2O7S2/c1-4-7-10-11-12-13-14-15-16-17-18-19-20-23-26-29-44-71-53-61(54-72-50-49-70-48-47-69-46-41-67-63(76)55-73-51-52-74-56-64(77)68(42-8-5-2)43-9-6-3)75-45-30-27-24-21-22-25-28-32-57-35-36-60-38-37-58-33-31-34-59-39-40-62(57)66(60)65(58)59/h31,33-40,61H,4-30,32,41-56H2,1-3H3,(H,67,76). The molecule has 0 aliphatic carbocycles. The Morgan fingerprint density at radius 2 is 0.883 bits per heavy atom. The van der Waals surface area contributed by atoms with Crippen molar-refractivity contribution in [3.8, 4) is 0 Å². The van der Waals surface area contributed by atoms with Crippen LogP contribution in [0.2, 0.25) is 0 Å². The summed E-state index contributed by atoms with van der Waals surface area (Å²) in [6.07, 6.45) is 36.3. The van der Waals surface area contributed by atoms with E-state index in [1.165, 1.54) is 173 Å². The Morgan fingerprint density at radius 3 is 1.48 bits per heavy atom. The number of thiocarbonyl (C=S) groups is 2. The van der Waals surface area contributed by atoms with Crippen LogP contribution in [-0.4, -0.2) is 127 Å². The highest BCUT2D eigenvalue weighted by Gasteiger charge is 2.13. The van der Waals surface area contributed by atoms with Gasteiger partial charge in [0.1, 0.15) is 16.1 Å². The number of benzene rings is 4. The third-order valence-corrected chi connectivity index (χ3v) is 15.5. The van der Waals surface area contributed by atoms with Crippen molar-refractivity contribution in [1.29, 1.82) is 0 Å². The van der Waals surface area contributed by atoms with Gasteiger partial charge in [0.05, 0.1) is 72.7 Å². The number of unbranched alkanes of at least 4 members (excludes halogenated alkanes) is 23. The van der Waals surface area contributed by atoms with Crippen molar-refractivity contribution in [3.63, 3.8) is 0 Å². The van der Waals surface area contributed by atoms with Crippen LogP contribution < -0.4 is 5.32 Å². The summed E-state index contributed by atoms with van der Waals surface area (Å²) < 4.78 is 41.6. The molecule has 436 valence electrons. The molecule has 0 bridgehead atoms. The highest BCUT2D eigenvalue weighted by Crippen LogP contribution is 2.36. The van der Waals surface area contributed by atoms with Gasteiger partial charge in [-0.05, 0) is 76.4 Å². The molecular formula is C66H108N2O7S2. The second kappa shape index (κ2) is 46.1. The van der Waals surface area contributed by atoms with Gasteiger partial charge in [0.2, 0.25) is 0 Å². The van der Waals surface area contributed by atoms with Crippen molar-refractivity contribution in [1.82, 2.24) is 10.2 Å². The predicted octanol–water partition coefficient (Wildman–Crippen LogP) is 16.8. The zero-order chi connectivity index (χ0) is 54.5. The number of nitrogens with zero attached hydrogens (tertiary/aromatic N) is 1. The molecule has 0 saturated carbocycles. The van der Waals surface area contributed by atoms with Gasteiger partial charge in [0.15, 0.2) is 0 Å². The fourth-order valence-electron chi connectivity index (χ4n) is 10.2. The van der Waals surface area contributed by atoms with E-state index < -0.39 is 0 Å². The first-order valence-corrected chi connectivity index (χ1v) is 32.1. The van der Waals surface area contributed by atoms with Gasteiger partial charge in [-0.2, -0.15) is 0 Å². The molecule has 0 amide bonds. The fraction of sp³-hybridized carbons (Fsp3) is 0.727. The smallest absolute Gasteiger partial charge is 0.104 e. The van der Waals surface area contributed by atoms with E-state index in [9.17, 15) is 0 Å². The highest BCUT2D eigenvalue weighted by atomic mass is 32.1. The van der Waals surface area contributed by atoms with Crippen molar-refractivity contribution in [2.75, 3.05) is 106 Å². The van der Waals surface area contributed by atoms with Crippen molar-refractivity contribution in [2.24, 2.45) is 0 Å². The number of rotatable bonds is 54. The molecule has 0 fully saturated rings. The van der Waals surface area contributed by atoms with E-state index in [-0.39, 0.29) is 6.10 Å². The van der Waals surface area contributed by atoms with Crippen LogP contribution in [0, 0.1) is 0 Å². The molecule has 0 radical (unpaired) electrons. The summed E-state index contributed by atoms with van der Waals surface area (Å²) in [5.74, 6) is 0. The minimum absolute atomic E-state index is 0.0676. The largest absolute Gasteiger partial charge is 0.379 e. The normalized spacial score (nSPS) is 12.2. The monoisotopic (exact) mass is 1100 g/mol. The molecule has 4 aromatic carbocycles. The number of ether oxygens (including phenoxy) is 7. The lowest BCUT2D eigenvalue weighted by Crippen LogP contribution is -2.34. The van der Waals surface area contributed by atoms with Gasteiger partial charge in [-0.1, -0.05) is 241 Å². The van der Waals surface area contributed by atoms with Crippen molar-refractivity contribution >= 4 is 66.7 Å². The molecule has 11 heteroatoms. The maximum Gasteiger partial charge on any atom is 0.104 e. The molecule has 1 unspecified atom stereocenters. The van der Waals surface area contributed by atoms with Gasteiger partial charge in [-0.15, -0.1) is 0 Å². The molecule has 1 atom stereocenters. The van der Waals surface area contributed by atoms with Crippen LogP contribution >= 0.6 is 24.4 Å². The van der Waals surface area contributed by atoms with Crippen LogP contribution in [-0.2, 0) is 39.6 Å². The topological polar surface area (TPSA) is 79.9 Å². The van der Waals surface area contributed by atoms with Crippen LogP contribution in [0.5, 0.6) is 0 Å². The maximum absolute atomic E-state index is 6.37. The number of nitrogens with one attached hydrogen (secondary N) is 1. The Bertz CT molecular complexity index is 2010. The summed E-state index contributed by atoms with van der Waals surface area (Å²) in [6, 6.07) is 20.6. The Kier molecular flexibility index (Phi) is 40.0. The molecule has 4 rings (SSSR count). The van der Waals surface area contributed by atoms with E-state index >= 15 is 0 Å². The molecule has 1 N–H and O–H groups in total. The summed E-state index contributed by atoms with van der Waals surface area (Å²) in [4.78, 5) is 3.83. The van der Waals surface area contributed by atoms with Gasteiger partial charge in [-0.25, -0.2) is 0 Å². The second-order valence-electron chi connectivity index (χ2n) is 21.5. The van der Waals surface area contributed by atoms with Crippen LogP contribution in [0.1, 0.15) is 200 Å². The first kappa shape index (κ1) is 66.9. The zero-order valence-electron chi connectivity index (χ0n) is 49.0. The summed E-state index contributed by atoms with van der Waals surface area (Å²) in [5, 5.41) is 11.5. The molecule has 0 saturated heterocycles. The zero-order valence-corrected chi connectivity index (χ0v) is 50.6. The van der Waals surface area contributed by atoms with Gasteiger partial charge in [-0.3, -0.25) is 0 Å². The lowest BCUT2D eigenvalue weighted by atomic mass is 9.90. The molecule has 9 nitrogen and oxygen atoms in total. The third-order valence-electron chi connectivity index (χ3n) is 14.9. The summed E-state index contributed by atoms with van der Waals surface area (Å²) in [7, 11) is 0. The quantitative estimate of drug-likeness (QED) is 0.0261. The Morgan fingerprint density at radius 1 is 0.429 bits per heavy atom. The van der Waals surface area contributed by atoms with E-state index in [1.807, 2.05) is 0 Å². The minimum atomic E-state index is -0.0676. The van der Waals surface area contributed by atoms with E-state index in [4.69, 9.17) is 57.6 Å². The third kappa shape index (κ3) is 30.7. The summed E-state index contributed by atoms with van der Waals surface area (Å²) in [5.41, 5.74) is 1.49. The lowest BCUT2D eigenvalue weighted by Gasteiger charge is -2.25. The Labute approximate surface area is 480 Å². The molecule has 0 aliphatic heterocycles. The van der Waals surface area contributed by atoms with Crippen LogP contribution in [0.4, 0.5) is 0 Å². The average Bonchev–Trinajstić information content (AvgIpc) is 3.54. The Hall–Kier alpha value is -2.58. The number of hydrogen-bond acceptors (Lipinski definition) is 9. The second-order valence-corrected chi connectivity index (χ2v) is 22.5.